The van der Waals surface area contributed by atoms with Crippen LogP contribution in [0.4, 0.5) is 13.2 Å². The van der Waals surface area contributed by atoms with Gasteiger partial charge in [-0.1, -0.05) is 30.3 Å². The first-order valence-electron chi connectivity index (χ1n) is 8.50. The van der Waals surface area contributed by atoms with E-state index < -0.39 is 15.6 Å². The highest BCUT2D eigenvalue weighted by Gasteiger charge is 2.37. The second-order valence-corrected chi connectivity index (χ2v) is 9.47. The molecule has 0 aromatic heterocycles. The maximum atomic E-state index is 10.7. The molecule has 2 atom stereocenters. The van der Waals surface area contributed by atoms with Crippen LogP contribution in [-0.2, 0) is 30.5 Å². The SMILES string of the molecule is CCOCOC1CC[S+](c2cccc3ccccc23)C1.O=S(=O)([O-])C(F)(F)F. The van der Waals surface area contributed by atoms with Gasteiger partial charge in [0.15, 0.2) is 15.0 Å². The molecule has 1 aliphatic rings. The normalized spacial score (nSPS) is 20.0. The highest BCUT2D eigenvalue weighted by Crippen LogP contribution is 2.30. The van der Waals surface area contributed by atoms with Crippen molar-refractivity contribution in [1.29, 1.82) is 0 Å². The molecule has 0 aliphatic carbocycles. The van der Waals surface area contributed by atoms with Crippen molar-refractivity contribution in [2.45, 2.75) is 29.9 Å². The van der Waals surface area contributed by atoms with Gasteiger partial charge in [0.05, 0.1) is 0 Å². The molecule has 10 heteroatoms. The van der Waals surface area contributed by atoms with E-state index in [1.807, 2.05) is 6.92 Å². The third kappa shape index (κ3) is 6.35. The Morgan fingerprint density at radius 2 is 1.82 bits per heavy atom. The Balaban J connectivity index is 0.000000300. The largest absolute Gasteiger partial charge is 0.741 e. The molecule has 3 rings (SSSR count). The molecular formula is C18H21F3O5S2. The summed E-state index contributed by atoms with van der Waals surface area (Å²) in [5.41, 5.74) is -5.65. The fourth-order valence-electron chi connectivity index (χ4n) is 2.67. The number of rotatable bonds is 5. The molecule has 156 valence electrons. The van der Waals surface area contributed by atoms with Gasteiger partial charge in [-0.15, -0.1) is 0 Å². The molecular weight excluding hydrogens is 417 g/mol. The zero-order chi connectivity index (χ0) is 20.8. The third-order valence-corrected chi connectivity index (χ3v) is 7.06. The smallest absolute Gasteiger partial charge is 0.485 e. The maximum absolute atomic E-state index is 10.7. The van der Waals surface area contributed by atoms with Crippen molar-refractivity contribution in [3.8, 4) is 0 Å². The number of hydrogen-bond donors (Lipinski definition) is 0. The molecule has 0 amide bonds. The predicted molar refractivity (Wildman–Crippen MR) is 101 cm³/mol. The van der Waals surface area contributed by atoms with Crippen LogP contribution in [0.15, 0.2) is 47.4 Å². The Morgan fingerprint density at radius 1 is 1.18 bits per heavy atom. The van der Waals surface area contributed by atoms with Crippen LogP contribution in [0, 0.1) is 0 Å². The lowest BCUT2D eigenvalue weighted by molar-refractivity contribution is -0.0776. The van der Waals surface area contributed by atoms with Gasteiger partial charge >= 0.3 is 5.51 Å². The zero-order valence-corrected chi connectivity index (χ0v) is 16.8. The van der Waals surface area contributed by atoms with E-state index in [4.69, 9.17) is 22.4 Å². The van der Waals surface area contributed by atoms with Crippen molar-refractivity contribution in [3.05, 3.63) is 42.5 Å². The zero-order valence-electron chi connectivity index (χ0n) is 15.1. The summed E-state index contributed by atoms with van der Waals surface area (Å²) < 4.78 is 70.0. The molecule has 0 radical (unpaired) electrons. The lowest BCUT2D eigenvalue weighted by Gasteiger charge is -2.08. The van der Waals surface area contributed by atoms with Gasteiger partial charge in [0.1, 0.15) is 24.4 Å². The van der Waals surface area contributed by atoms with Crippen molar-refractivity contribution in [2.75, 3.05) is 24.9 Å². The van der Waals surface area contributed by atoms with Crippen LogP contribution in [0.3, 0.4) is 0 Å². The van der Waals surface area contributed by atoms with E-state index in [0.717, 1.165) is 18.8 Å². The van der Waals surface area contributed by atoms with Crippen LogP contribution in [0.1, 0.15) is 13.3 Å². The molecule has 0 bridgehead atoms. The van der Waals surface area contributed by atoms with Gasteiger partial charge < -0.3 is 14.0 Å². The van der Waals surface area contributed by atoms with Crippen LogP contribution < -0.4 is 0 Å². The summed E-state index contributed by atoms with van der Waals surface area (Å²) in [7, 11) is -5.77. The second-order valence-electron chi connectivity index (χ2n) is 5.93. The van der Waals surface area contributed by atoms with E-state index in [2.05, 4.69) is 42.5 Å². The topological polar surface area (TPSA) is 75.7 Å². The molecule has 0 N–H and O–H groups in total. The average molecular weight is 438 g/mol. The highest BCUT2D eigenvalue weighted by molar-refractivity contribution is 7.97. The molecule has 1 fully saturated rings. The van der Waals surface area contributed by atoms with Gasteiger partial charge in [-0.2, -0.15) is 13.2 Å². The lowest BCUT2D eigenvalue weighted by atomic mass is 10.1. The number of benzene rings is 2. The van der Waals surface area contributed by atoms with Crippen molar-refractivity contribution < 1.29 is 35.6 Å². The van der Waals surface area contributed by atoms with Gasteiger partial charge in [-0.05, 0) is 24.4 Å². The van der Waals surface area contributed by atoms with Gasteiger partial charge in [0.25, 0.3) is 0 Å². The Hall–Kier alpha value is -1.33. The van der Waals surface area contributed by atoms with Gasteiger partial charge in [0.2, 0.25) is 0 Å². The summed E-state index contributed by atoms with van der Waals surface area (Å²) in [5.74, 6) is 2.38. The van der Waals surface area contributed by atoms with E-state index in [1.165, 1.54) is 21.4 Å². The monoisotopic (exact) mass is 438 g/mol. The molecule has 2 unspecified atom stereocenters. The summed E-state index contributed by atoms with van der Waals surface area (Å²) in [5, 5.41) is 2.75. The molecule has 0 spiro atoms. The van der Waals surface area contributed by atoms with Crippen molar-refractivity contribution >= 4 is 31.8 Å². The highest BCUT2D eigenvalue weighted by atomic mass is 32.2. The molecule has 1 aliphatic heterocycles. The molecule has 0 saturated carbocycles. The fourth-order valence-corrected chi connectivity index (χ4v) is 5.26. The van der Waals surface area contributed by atoms with Crippen molar-refractivity contribution in [3.63, 3.8) is 0 Å². The third-order valence-electron chi connectivity index (χ3n) is 4.01. The first-order valence-corrected chi connectivity index (χ1v) is 11.5. The molecule has 1 saturated heterocycles. The van der Waals surface area contributed by atoms with Gasteiger partial charge in [-0.25, -0.2) is 8.42 Å². The fraction of sp³-hybridized carbons (Fsp3) is 0.444. The molecule has 2 aromatic carbocycles. The number of hydrogen-bond acceptors (Lipinski definition) is 5. The van der Waals surface area contributed by atoms with Gasteiger partial charge in [-0.3, -0.25) is 0 Å². The van der Waals surface area contributed by atoms with E-state index in [1.54, 1.807) is 0 Å². The minimum Gasteiger partial charge on any atom is -0.741 e. The molecule has 28 heavy (non-hydrogen) atoms. The molecule has 1 heterocycles. The van der Waals surface area contributed by atoms with Crippen LogP contribution in [0.2, 0.25) is 0 Å². The number of alkyl halides is 3. The summed E-state index contributed by atoms with van der Waals surface area (Å²) in [6.45, 7) is 3.16. The summed E-state index contributed by atoms with van der Waals surface area (Å²) in [4.78, 5) is 1.51. The Morgan fingerprint density at radius 3 is 2.46 bits per heavy atom. The standard InChI is InChI=1S/C17H21O2S.CHF3O3S/c1-2-18-13-19-15-10-11-20(12-15)17-9-5-7-14-6-3-4-8-16(14)17;2-1(3,4)8(5,6)7/h3-9,15H,2,10-13H2,1H3;(H,5,6,7)/q+1;/p-1. The Bertz CT molecular complexity index is 866. The van der Waals surface area contributed by atoms with Crippen LogP contribution in [-0.4, -0.2) is 49.5 Å². The predicted octanol–water partition coefficient (Wildman–Crippen LogP) is 3.65. The van der Waals surface area contributed by atoms with Crippen LogP contribution >= 0.6 is 0 Å². The van der Waals surface area contributed by atoms with Gasteiger partial charge in [0, 0.05) is 29.3 Å². The minimum absolute atomic E-state index is 0.319. The summed E-state index contributed by atoms with van der Waals surface area (Å²) in [6.07, 6.45) is 1.52. The Kier molecular flexibility index (Phi) is 8.14. The summed E-state index contributed by atoms with van der Waals surface area (Å²) >= 11 is 0. The van der Waals surface area contributed by atoms with Crippen LogP contribution in [0.25, 0.3) is 10.8 Å². The number of ether oxygens (including phenoxy) is 2. The quantitative estimate of drug-likeness (QED) is 0.234. The Labute approximate surface area is 164 Å². The van der Waals surface area contributed by atoms with Crippen molar-refractivity contribution in [1.82, 2.24) is 0 Å². The van der Waals surface area contributed by atoms with Crippen LogP contribution in [0.5, 0.6) is 0 Å². The van der Waals surface area contributed by atoms with E-state index in [0.29, 0.717) is 23.8 Å². The van der Waals surface area contributed by atoms with E-state index in [-0.39, 0.29) is 0 Å². The number of halogens is 3. The maximum Gasteiger partial charge on any atom is 0.485 e. The number of fused-ring (bicyclic) bond motifs is 1. The second kappa shape index (κ2) is 9.93. The summed E-state index contributed by atoms with van der Waals surface area (Å²) in [6, 6.07) is 15.3. The van der Waals surface area contributed by atoms with E-state index in [9.17, 15) is 13.2 Å². The first-order chi connectivity index (χ1) is 13.1. The average Bonchev–Trinajstić information content (AvgIpc) is 3.09. The first kappa shape index (κ1) is 23.0. The van der Waals surface area contributed by atoms with Crippen molar-refractivity contribution in [2.24, 2.45) is 0 Å². The minimum atomic E-state index is -6.09. The molecule has 5 nitrogen and oxygen atoms in total. The lowest BCUT2D eigenvalue weighted by Crippen LogP contribution is -2.21. The molecule has 2 aromatic rings. The van der Waals surface area contributed by atoms with E-state index >= 15 is 0 Å².